The maximum atomic E-state index is 14.3. The zero-order chi connectivity index (χ0) is 29.3. The molecule has 0 radical (unpaired) electrons. The topological polar surface area (TPSA) is 69.2 Å². The van der Waals surface area contributed by atoms with Crippen molar-refractivity contribution in [3.63, 3.8) is 0 Å². The van der Waals surface area contributed by atoms with Crippen molar-refractivity contribution >= 4 is 11.1 Å². The summed E-state index contributed by atoms with van der Waals surface area (Å²) in [5, 5.41) is 19.3. The maximum absolute atomic E-state index is 14.3. The number of hydrogen-bond acceptors (Lipinski definition) is 3. The Balaban J connectivity index is 2.00. The van der Waals surface area contributed by atoms with Crippen molar-refractivity contribution < 1.29 is 26.3 Å². The smallest absolute Gasteiger partial charge is 0.248 e. The average Bonchev–Trinajstić information content (AvgIpc) is 3.35. The molecule has 2 aromatic carbocycles. The number of hydrogen-bond donors (Lipinski definition) is 0. The van der Waals surface area contributed by atoms with Crippen molar-refractivity contribution in [2.45, 2.75) is 26.2 Å². The standard InChI is InChI=1S/C29H11F6N5/c1-12-5-15-23(19(6-12)29(33,34)35)17-9-18-24(20(10-36)38-3)16-8-14(28(30,31)32)7-13(2)22(16)26(18)40-27(17)25(15)21(11-37)39-4/h5-9H,1-2H3/b24-20-,25-21+. The molecule has 5 nitrogen and oxygen atoms in total. The lowest BCUT2D eigenvalue weighted by molar-refractivity contribution is -0.138. The fourth-order valence-corrected chi connectivity index (χ4v) is 5.28. The van der Waals surface area contributed by atoms with E-state index in [0.29, 0.717) is 0 Å². The molecule has 0 spiro atoms. The lowest BCUT2D eigenvalue weighted by atomic mass is 9.94. The van der Waals surface area contributed by atoms with E-state index in [1.165, 1.54) is 26.0 Å². The lowest BCUT2D eigenvalue weighted by Gasteiger charge is -2.14. The summed E-state index contributed by atoms with van der Waals surface area (Å²) in [6, 6.07) is 8.60. The van der Waals surface area contributed by atoms with E-state index < -0.39 is 34.9 Å². The normalized spacial score (nSPS) is 15.5. The van der Waals surface area contributed by atoms with Crippen molar-refractivity contribution in [3.8, 4) is 34.5 Å². The van der Waals surface area contributed by atoms with Gasteiger partial charge in [0.05, 0.1) is 47.8 Å². The second-order valence-electron chi connectivity index (χ2n) is 9.12. The third-order valence-corrected chi connectivity index (χ3v) is 6.73. The van der Waals surface area contributed by atoms with Gasteiger partial charge >= 0.3 is 12.4 Å². The predicted molar refractivity (Wildman–Crippen MR) is 131 cm³/mol. The average molecular weight is 543 g/mol. The van der Waals surface area contributed by atoms with Crippen molar-refractivity contribution in [1.29, 1.82) is 10.5 Å². The van der Waals surface area contributed by atoms with Crippen LogP contribution >= 0.6 is 0 Å². The molecule has 1 heterocycles. The van der Waals surface area contributed by atoms with E-state index in [1.807, 2.05) is 0 Å². The van der Waals surface area contributed by atoms with Gasteiger partial charge in [0.1, 0.15) is 0 Å². The zero-order valence-electron chi connectivity index (χ0n) is 20.4. The van der Waals surface area contributed by atoms with Gasteiger partial charge in [0.25, 0.3) is 11.4 Å². The molecule has 5 rings (SSSR count). The Morgan fingerprint density at radius 3 is 1.88 bits per heavy atom. The molecule has 0 aliphatic heterocycles. The molecule has 0 saturated carbocycles. The van der Waals surface area contributed by atoms with Crippen LogP contribution in [0, 0.1) is 49.7 Å². The summed E-state index contributed by atoms with van der Waals surface area (Å²) in [7, 11) is 0. The van der Waals surface area contributed by atoms with Gasteiger partial charge in [-0.3, -0.25) is 0 Å². The SMILES string of the molecule is [C-]#[N+]/C(C#N)=C1\c2cc3c(nc2-c2c(C)cc(C(F)(F)F)cc21)/C(=C(\C#N)[N+]#[C-])c1cc(C)cc(C(F)(F)F)c1-3. The summed E-state index contributed by atoms with van der Waals surface area (Å²) in [5.41, 5.74) is -3.68. The van der Waals surface area contributed by atoms with Crippen LogP contribution in [0.5, 0.6) is 0 Å². The van der Waals surface area contributed by atoms with E-state index in [1.54, 1.807) is 12.1 Å². The fourth-order valence-electron chi connectivity index (χ4n) is 5.28. The highest BCUT2D eigenvalue weighted by atomic mass is 19.4. The number of fused-ring (bicyclic) bond motifs is 6. The Labute approximate surface area is 223 Å². The number of aryl methyl sites for hydroxylation is 2. The Kier molecular flexibility index (Phi) is 5.61. The summed E-state index contributed by atoms with van der Waals surface area (Å²) in [4.78, 5) is 10.9. The summed E-state index contributed by atoms with van der Waals surface area (Å²) >= 11 is 0. The minimum atomic E-state index is -4.85. The number of alkyl halides is 6. The number of rotatable bonds is 0. The zero-order valence-corrected chi connectivity index (χ0v) is 20.4. The van der Waals surface area contributed by atoms with Crippen molar-refractivity contribution in [3.05, 3.63) is 109 Å². The number of pyridine rings is 1. The fraction of sp³-hybridized carbons (Fsp3) is 0.138. The number of benzene rings is 2. The van der Waals surface area contributed by atoms with Crippen molar-refractivity contribution in [2.75, 3.05) is 0 Å². The van der Waals surface area contributed by atoms with E-state index in [-0.39, 0.29) is 67.0 Å². The van der Waals surface area contributed by atoms with Crippen LogP contribution in [0.2, 0.25) is 0 Å². The highest BCUT2D eigenvalue weighted by molar-refractivity contribution is 6.09. The van der Waals surface area contributed by atoms with Gasteiger partial charge < -0.3 is 0 Å². The summed E-state index contributed by atoms with van der Waals surface area (Å²) in [6.45, 7) is 17.8. The van der Waals surface area contributed by atoms with Gasteiger partial charge in [-0.15, -0.1) is 0 Å². The van der Waals surface area contributed by atoms with Crippen LogP contribution in [0.3, 0.4) is 0 Å². The molecule has 0 amide bonds. The molecule has 1 aromatic heterocycles. The van der Waals surface area contributed by atoms with Gasteiger partial charge in [0.15, 0.2) is 0 Å². The van der Waals surface area contributed by atoms with E-state index in [4.69, 9.17) is 13.1 Å². The second-order valence-corrected chi connectivity index (χ2v) is 9.12. The molecule has 0 unspecified atom stereocenters. The Bertz CT molecular complexity index is 1900. The molecule has 0 atom stereocenters. The number of nitriles is 2. The van der Waals surface area contributed by atoms with E-state index in [9.17, 15) is 36.9 Å². The number of aromatic nitrogens is 1. The minimum absolute atomic E-state index is 0.00550. The Morgan fingerprint density at radius 1 is 0.725 bits per heavy atom. The van der Waals surface area contributed by atoms with Crippen molar-refractivity contribution in [1.82, 2.24) is 4.98 Å². The van der Waals surface area contributed by atoms with Gasteiger partial charge in [-0.1, -0.05) is 6.07 Å². The first kappa shape index (κ1) is 26.2. The Hall–Kier alpha value is -5.39. The maximum Gasteiger partial charge on any atom is 0.417 e. The van der Waals surface area contributed by atoms with Gasteiger partial charge in [-0.25, -0.2) is 25.2 Å². The summed E-state index contributed by atoms with van der Waals surface area (Å²) in [5.74, 6) is 0. The molecule has 2 aliphatic rings. The molecule has 194 valence electrons. The first-order chi connectivity index (χ1) is 18.8. The van der Waals surface area contributed by atoms with E-state index >= 15 is 0 Å². The molecule has 0 fully saturated rings. The second kappa shape index (κ2) is 8.56. The molecule has 0 N–H and O–H groups in total. The van der Waals surface area contributed by atoms with Crippen LogP contribution in [0.4, 0.5) is 26.3 Å². The third kappa shape index (κ3) is 3.64. The first-order valence-corrected chi connectivity index (χ1v) is 11.3. The van der Waals surface area contributed by atoms with Crippen LogP contribution in [-0.4, -0.2) is 4.98 Å². The summed E-state index contributed by atoms with van der Waals surface area (Å²) in [6.07, 6.45) is -9.60. The predicted octanol–water partition coefficient (Wildman–Crippen LogP) is 8.10. The monoisotopic (exact) mass is 543 g/mol. The van der Waals surface area contributed by atoms with Crippen LogP contribution in [0.1, 0.15) is 44.6 Å². The van der Waals surface area contributed by atoms with Gasteiger partial charge in [-0.05, 0) is 65.9 Å². The van der Waals surface area contributed by atoms with Crippen molar-refractivity contribution in [2.24, 2.45) is 0 Å². The van der Waals surface area contributed by atoms with Crippen LogP contribution in [0.15, 0.2) is 41.7 Å². The largest absolute Gasteiger partial charge is 0.417 e. The number of nitrogens with zero attached hydrogens (tertiary/aromatic N) is 5. The molecule has 40 heavy (non-hydrogen) atoms. The van der Waals surface area contributed by atoms with Gasteiger partial charge in [0, 0.05) is 27.8 Å². The lowest BCUT2D eigenvalue weighted by Crippen LogP contribution is -2.08. The molecule has 0 bridgehead atoms. The van der Waals surface area contributed by atoms with Gasteiger partial charge in [0.2, 0.25) is 0 Å². The summed E-state index contributed by atoms with van der Waals surface area (Å²) < 4.78 is 83.9. The quantitative estimate of drug-likeness (QED) is 0.113. The van der Waals surface area contributed by atoms with E-state index in [2.05, 4.69) is 14.7 Å². The highest BCUT2D eigenvalue weighted by Crippen LogP contribution is 2.55. The Morgan fingerprint density at radius 2 is 1.32 bits per heavy atom. The number of halogens is 6. The minimum Gasteiger partial charge on any atom is -0.248 e. The number of allylic oxidation sites excluding steroid dienone is 2. The molecule has 3 aromatic rings. The van der Waals surface area contributed by atoms with Crippen LogP contribution in [-0.2, 0) is 12.4 Å². The molecule has 2 aliphatic carbocycles. The molecular formula is C29H11F6N5. The van der Waals surface area contributed by atoms with E-state index in [0.717, 1.165) is 18.2 Å². The molecular weight excluding hydrogens is 532 g/mol. The van der Waals surface area contributed by atoms with Gasteiger partial charge in [-0.2, -0.15) is 26.3 Å². The molecule has 11 heteroatoms. The molecule has 0 saturated heterocycles. The van der Waals surface area contributed by atoms with Crippen LogP contribution in [0.25, 0.3) is 43.2 Å². The first-order valence-electron chi connectivity index (χ1n) is 11.3. The highest BCUT2D eigenvalue weighted by Gasteiger charge is 2.42. The van der Waals surface area contributed by atoms with Crippen LogP contribution < -0.4 is 0 Å². The third-order valence-electron chi connectivity index (χ3n) is 6.73.